The van der Waals surface area contributed by atoms with E-state index in [1.54, 1.807) is 4.68 Å². The SMILES string of the molecule is Nc1ccc(-c2nnnn2Cc2ccccc2Cl)cc1. The Morgan fingerprint density at radius 3 is 2.55 bits per heavy atom. The van der Waals surface area contributed by atoms with Gasteiger partial charge in [0.05, 0.1) is 6.54 Å². The van der Waals surface area contributed by atoms with Gasteiger partial charge in [0.25, 0.3) is 0 Å². The van der Waals surface area contributed by atoms with E-state index in [-0.39, 0.29) is 0 Å². The molecule has 1 aromatic heterocycles. The number of anilines is 1. The van der Waals surface area contributed by atoms with Crippen molar-refractivity contribution < 1.29 is 0 Å². The summed E-state index contributed by atoms with van der Waals surface area (Å²) in [6.45, 7) is 0.520. The number of aromatic nitrogens is 4. The first-order valence-electron chi connectivity index (χ1n) is 6.09. The molecule has 0 atom stereocenters. The first-order chi connectivity index (χ1) is 9.74. The van der Waals surface area contributed by atoms with E-state index in [0.29, 0.717) is 23.1 Å². The quantitative estimate of drug-likeness (QED) is 0.751. The first kappa shape index (κ1) is 12.6. The van der Waals surface area contributed by atoms with Crippen LogP contribution in [-0.4, -0.2) is 20.2 Å². The lowest BCUT2D eigenvalue weighted by molar-refractivity contribution is 0.653. The molecule has 0 amide bonds. The molecule has 100 valence electrons. The third kappa shape index (κ3) is 2.48. The Kier molecular flexibility index (Phi) is 3.35. The van der Waals surface area contributed by atoms with Crippen LogP contribution in [0.4, 0.5) is 5.69 Å². The Balaban J connectivity index is 1.95. The first-order valence-corrected chi connectivity index (χ1v) is 6.47. The van der Waals surface area contributed by atoms with Gasteiger partial charge in [-0.05, 0) is 46.3 Å². The number of benzene rings is 2. The zero-order chi connectivity index (χ0) is 13.9. The Hall–Kier alpha value is -2.40. The van der Waals surface area contributed by atoms with E-state index in [9.17, 15) is 0 Å². The topological polar surface area (TPSA) is 69.6 Å². The van der Waals surface area contributed by atoms with Crippen LogP contribution in [0.5, 0.6) is 0 Å². The highest BCUT2D eigenvalue weighted by atomic mass is 35.5. The van der Waals surface area contributed by atoms with Crippen LogP contribution in [0, 0.1) is 0 Å². The predicted molar refractivity (Wildman–Crippen MR) is 78.2 cm³/mol. The summed E-state index contributed by atoms with van der Waals surface area (Å²) in [5.74, 6) is 0.685. The lowest BCUT2D eigenvalue weighted by atomic mass is 10.2. The summed E-state index contributed by atoms with van der Waals surface area (Å²) in [7, 11) is 0. The third-order valence-electron chi connectivity index (χ3n) is 2.98. The van der Waals surface area contributed by atoms with E-state index < -0.39 is 0 Å². The summed E-state index contributed by atoms with van der Waals surface area (Å²) in [5, 5.41) is 12.5. The van der Waals surface area contributed by atoms with Crippen molar-refractivity contribution in [3.8, 4) is 11.4 Å². The van der Waals surface area contributed by atoms with E-state index in [1.165, 1.54) is 0 Å². The van der Waals surface area contributed by atoms with Crippen LogP contribution in [0.1, 0.15) is 5.56 Å². The third-order valence-corrected chi connectivity index (χ3v) is 3.35. The molecule has 5 nitrogen and oxygen atoms in total. The van der Waals surface area contributed by atoms with Crippen LogP contribution >= 0.6 is 11.6 Å². The molecule has 1 heterocycles. The molecule has 2 aromatic carbocycles. The lowest BCUT2D eigenvalue weighted by Gasteiger charge is -2.06. The number of nitrogens with zero attached hydrogens (tertiary/aromatic N) is 4. The summed E-state index contributed by atoms with van der Waals surface area (Å²) in [4.78, 5) is 0. The van der Waals surface area contributed by atoms with Crippen LogP contribution < -0.4 is 5.73 Å². The number of hydrogen-bond donors (Lipinski definition) is 1. The van der Waals surface area contributed by atoms with Gasteiger partial charge in [-0.3, -0.25) is 0 Å². The fourth-order valence-corrected chi connectivity index (χ4v) is 2.13. The van der Waals surface area contributed by atoms with Gasteiger partial charge in [0.2, 0.25) is 0 Å². The molecule has 0 aliphatic rings. The van der Waals surface area contributed by atoms with Gasteiger partial charge in [0.1, 0.15) is 0 Å². The molecule has 0 bridgehead atoms. The molecule has 0 saturated heterocycles. The molecular weight excluding hydrogens is 274 g/mol. The number of halogens is 1. The Morgan fingerprint density at radius 1 is 1.05 bits per heavy atom. The Labute approximate surface area is 121 Å². The normalized spacial score (nSPS) is 10.7. The van der Waals surface area contributed by atoms with Gasteiger partial charge >= 0.3 is 0 Å². The van der Waals surface area contributed by atoms with E-state index >= 15 is 0 Å². The van der Waals surface area contributed by atoms with E-state index in [1.807, 2.05) is 48.5 Å². The zero-order valence-electron chi connectivity index (χ0n) is 10.6. The van der Waals surface area contributed by atoms with Crippen molar-refractivity contribution in [2.45, 2.75) is 6.54 Å². The summed E-state index contributed by atoms with van der Waals surface area (Å²) in [6, 6.07) is 15.1. The zero-order valence-corrected chi connectivity index (χ0v) is 11.3. The fraction of sp³-hybridized carbons (Fsp3) is 0.0714. The van der Waals surface area contributed by atoms with Crippen molar-refractivity contribution in [2.75, 3.05) is 5.73 Å². The van der Waals surface area contributed by atoms with Crippen LogP contribution in [0.15, 0.2) is 48.5 Å². The summed E-state index contributed by atoms with van der Waals surface area (Å²) in [6.07, 6.45) is 0. The average molecular weight is 286 g/mol. The number of nitrogens with two attached hydrogens (primary N) is 1. The maximum Gasteiger partial charge on any atom is 0.182 e. The minimum atomic E-state index is 0.520. The van der Waals surface area contributed by atoms with Crippen LogP contribution in [0.25, 0.3) is 11.4 Å². The molecule has 0 radical (unpaired) electrons. The molecule has 20 heavy (non-hydrogen) atoms. The fourth-order valence-electron chi connectivity index (χ4n) is 1.94. The highest BCUT2D eigenvalue weighted by Crippen LogP contribution is 2.20. The van der Waals surface area contributed by atoms with Crippen LogP contribution in [0.3, 0.4) is 0 Å². The number of hydrogen-bond acceptors (Lipinski definition) is 4. The van der Waals surface area contributed by atoms with Gasteiger partial charge in [-0.2, -0.15) is 0 Å². The molecule has 2 N–H and O–H groups in total. The smallest absolute Gasteiger partial charge is 0.182 e. The van der Waals surface area contributed by atoms with Gasteiger partial charge in [-0.15, -0.1) is 5.10 Å². The second kappa shape index (κ2) is 5.30. The van der Waals surface area contributed by atoms with E-state index in [2.05, 4.69) is 15.5 Å². The molecule has 0 fully saturated rings. The lowest BCUT2D eigenvalue weighted by Crippen LogP contribution is -2.05. The molecule has 0 saturated carbocycles. The standard InChI is InChI=1S/C14H12ClN5/c15-13-4-2-1-3-11(13)9-20-14(17-18-19-20)10-5-7-12(16)8-6-10/h1-8H,9,16H2. The van der Waals surface area contributed by atoms with Crippen molar-refractivity contribution >= 4 is 17.3 Å². The largest absolute Gasteiger partial charge is 0.399 e. The second-order valence-electron chi connectivity index (χ2n) is 4.37. The van der Waals surface area contributed by atoms with Crippen molar-refractivity contribution in [1.29, 1.82) is 0 Å². The van der Waals surface area contributed by atoms with Crippen molar-refractivity contribution in [2.24, 2.45) is 0 Å². The molecule has 3 rings (SSSR count). The summed E-state index contributed by atoms with van der Waals surface area (Å²) < 4.78 is 1.72. The van der Waals surface area contributed by atoms with Gasteiger partial charge in [0.15, 0.2) is 5.82 Å². The van der Waals surface area contributed by atoms with Gasteiger partial charge in [-0.1, -0.05) is 29.8 Å². The van der Waals surface area contributed by atoms with Crippen LogP contribution in [-0.2, 0) is 6.54 Å². The summed E-state index contributed by atoms with van der Waals surface area (Å²) >= 11 is 6.16. The Morgan fingerprint density at radius 2 is 1.80 bits per heavy atom. The molecule has 0 unspecified atom stereocenters. The molecule has 3 aromatic rings. The van der Waals surface area contributed by atoms with Gasteiger partial charge < -0.3 is 5.73 Å². The highest BCUT2D eigenvalue weighted by Gasteiger charge is 2.10. The van der Waals surface area contributed by atoms with Crippen molar-refractivity contribution in [3.63, 3.8) is 0 Å². The summed E-state index contributed by atoms with van der Waals surface area (Å²) in [5.41, 5.74) is 8.28. The number of nitrogen functional groups attached to an aromatic ring is 1. The number of tetrazole rings is 1. The minimum Gasteiger partial charge on any atom is -0.399 e. The van der Waals surface area contributed by atoms with Gasteiger partial charge in [0, 0.05) is 16.3 Å². The van der Waals surface area contributed by atoms with Crippen LogP contribution in [0.2, 0.25) is 5.02 Å². The predicted octanol–water partition coefficient (Wildman–Crippen LogP) is 2.62. The maximum atomic E-state index is 6.16. The maximum absolute atomic E-state index is 6.16. The molecule has 0 spiro atoms. The number of rotatable bonds is 3. The molecule has 0 aliphatic carbocycles. The molecular formula is C14H12ClN5. The second-order valence-corrected chi connectivity index (χ2v) is 4.78. The minimum absolute atomic E-state index is 0.520. The van der Waals surface area contributed by atoms with E-state index in [0.717, 1.165) is 11.1 Å². The molecule has 0 aliphatic heterocycles. The Bertz CT molecular complexity index is 720. The average Bonchev–Trinajstić information content (AvgIpc) is 2.90. The monoisotopic (exact) mass is 285 g/mol. The van der Waals surface area contributed by atoms with E-state index in [4.69, 9.17) is 17.3 Å². The highest BCUT2D eigenvalue weighted by molar-refractivity contribution is 6.31. The van der Waals surface area contributed by atoms with Gasteiger partial charge in [-0.25, -0.2) is 4.68 Å². The molecule has 6 heteroatoms. The van der Waals surface area contributed by atoms with Crippen molar-refractivity contribution in [1.82, 2.24) is 20.2 Å². The van der Waals surface area contributed by atoms with Crippen molar-refractivity contribution in [3.05, 3.63) is 59.1 Å².